The maximum atomic E-state index is 13.0. The predicted octanol–water partition coefficient (Wildman–Crippen LogP) is 2.43. The van der Waals surface area contributed by atoms with E-state index in [4.69, 9.17) is 4.74 Å². The number of thioether (sulfide) groups is 1. The second-order valence-electron chi connectivity index (χ2n) is 8.10. The molecule has 0 saturated carbocycles. The van der Waals surface area contributed by atoms with Gasteiger partial charge in [-0.25, -0.2) is 4.79 Å². The molecule has 0 heterocycles. The van der Waals surface area contributed by atoms with Crippen molar-refractivity contribution in [3.8, 4) is 5.75 Å². The molecule has 4 atom stereocenters. The van der Waals surface area contributed by atoms with Crippen molar-refractivity contribution in [3.63, 3.8) is 0 Å². The summed E-state index contributed by atoms with van der Waals surface area (Å²) in [4.78, 5) is 49.8. The molecule has 3 N–H and O–H groups in total. The molecule has 0 aliphatic heterocycles. The van der Waals surface area contributed by atoms with Crippen LogP contribution in [0.15, 0.2) is 24.3 Å². The van der Waals surface area contributed by atoms with Crippen LogP contribution in [0.2, 0.25) is 0 Å². The molecule has 1 aromatic rings. The summed E-state index contributed by atoms with van der Waals surface area (Å²) in [6.07, 6.45) is 0.862. The van der Waals surface area contributed by atoms with Crippen molar-refractivity contribution in [1.82, 2.24) is 10.6 Å². The van der Waals surface area contributed by atoms with Crippen molar-refractivity contribution >= 4 is 34.7 Å². The highest BCUT2D eigenvalue weighted by molar-refractivity contribution is 8.14. The Labute approximate surface area is 193 Å². The number of ether oxygens (including phenoxy) is 1. The fraction of sp³-hybridized carbons (Fsp3) is 0.565. The van der Waals surface area contributed by atoms with E-state index in [0.29, 0.717) is 6.42 Å². The molecule has 1 rings (SSSR count). The minimum Gasteiger partial charge on any atom is -0.508 e. The summed E-state index contributed by atoms with van der Waals surface area (Å²) < 4.78 is 4.83. The molecule has 1 aromatic carbocycles. The first kappa shape index (κ1) is 27.5. The lowest BCUT2D eigenvalue weighted by molar-refractivity contribution is -0.145. The largest absolute Gasteiger partial charge is 0.508 e. The van der Waals surface area contributed by atoms with Crippen molar-refractivity contribution < 1.29 is 29.0 Å². The topological polar surface area (TPSA) is 122 Å². The highest BCUT2D eigenvalue weighted by Gasteiger charge is 2.33. The normalized spacial score (nSPS) is 14.7. The van der Waals surface area contributed by atoms with Crippen LogP contribution in [0.25, 0.3) is 0 Å². The number of rotatable bonds is 11. The van der Waals surface area contributed by atoms with Gasteiger partial charge in [-0.2, -0.15) is 0 Å². The van der Waals surface area contributed by atoms with Gasteiger partial charge < -0.3 is 20.5 Å². The number of hydrogen-bond acceptors (Lipinski definition) is 7. The van der Waals surface area contributed by atoms with Crippen LogP contribution >= 0.6 is 11.8 Å². The lowest BCUT2D eigenvalue weighted by atomic mass is 9.99. The van der Waals surface area contributed by atoms with E-state index < -0.39 is 29.2 Å². The average molecular weight is 467 g/mol. The first-order valence-electron chi connectivity index (χ1n) is 10.6. The maximum Gasteiger partial charge on any atom is 0.328 e. The molecule has 32 heavy (non-hydrogen) atoms. The van der Waals surface area contributed by atoms with E-state index in [-0.39, 0.29) is 35.0 Å². The van der Waals surface area contributed by atoms with Crippen LogP contribution in [0.3, 0.4) is 0 Å². The molecule has 0 spiro atoms. The fourth-order valence-electron chi connectivity index (χ4n) is 3.06. The second kappa shape index (κ2) is 13.1. The van der Waals surface area contributed by atoms with E-state index in [2.05, 4.69) is 10.6 Å². The third kappa shape index (κ3) is 8.53. The lowest BCUT2D eigenvalue weighted by Crippen LogP contribution is -2.56. The average Bonchev–Trinajstić information content (AvgIpc) is 2.74. The summed E-state index contributed by atoms with van der Waals surface area (Å²) in [6.45, 7) is 8.80. The van der Waals surface area contributed by atoms with Gasteiger partial charge in [-0.15, -0.1) is 0 Å². The summed E-state index contributed by atoms with van der Waals surface area (Å²) in [5, 5.41) is 14.1. The molecule has 9 heteroatoms. The number of phenolic OH excluding ortho intramolecular Hbond substituents is 1. The number of phenols is 1. The van der Waals surface area contributed by atoms with Crippen LogP contribution in [0.1, 0.15) is 46.6 Å². The molecule has 2 amide bonds. The Morgan fingerprint density at radius 1 is 1.03 bits per heavy atom. The smallest absolute Gasteiger partial charge is 0.328 e. The molecule has 178 valence electrons. The SMILES string of the molecule is CCC(C)[C@H](SC(C)=O)C(=O)N[C@H](C(=O)N[C@@H](Cc1ccc(O)cc1)C(=O)OC)C(C)C. The molecule has 0 fully saturated rings. The molecular formula is C23H34N2O6S. The molecule has 0 aliphatic carbocycles. The summed E-state index contributed by atoms with van der Waals surface area (Å²) in [5.41, 5.74) is 0.721. The third-order valence-corrected chi connectivity index (χ3v) is 6.40. The summed E-state index contributed by atoms with van der Waals surface area (Å²) in [7, 11) is 1.23. The number of carbonyl (C=O) groups excluding carboxylic acids is 4. The van der Waals surface area contributed by atoms with E-state index >= 15 is 0 Å². The fourth-order valence-corrected chi connectivity index (χ4v) is 4.01. The van der Waals surface area contributed by atoms with E-state index in [1.165, 1.54) is 26.2 Å². The molecule has 0 aromatic heterocycles. The number of esters is 1. The zero-order chi connectivity index (χ0) is 24.4. The third-order valence-electron chi connectivity index (χ3n) is 5.14. The number of methoxy groups -OCH3 is 1. The van der Waals surface area contributed by atoms with Crippen molar-refractivity contribution in [2.24, 2.45) is 11.8 Å². The van der Waals surface area contributed by atoms with Crippen LogP contribution < -0.4 is 10.6 Å². The van der Waals surface area contributed by atoms with E-state index in [0.717, 1.165) is 17.3 Å². The zero-order valence-electron chi connectivity index (χ0n) is 19.5. The van der Waals surface area contributed by atoms with Gasteiger partial charge in [-0.05, 0) is 29.5 Å². The molecule has 0 bridgehead atoms. The van der Waals surface area contributed by atoms with E-state index in [1.807, 2.05) is 13.8 Å². The van der Waals surface area contributed by atoms with Crippen molar-refractivity contribution in [2.75, 3.05) is 7.11 Å². The Morgan fingerprint density at radius 3 is 2.09 bits per heavy atom. The quantitative estimate of drug-likeness (QED) is 0.428. The number of amides is 2. The monoisotopic (exact) mass is 466 g/mol. The first-order valence-corrected chi connectivity index (χ1v) is 11.5. The van der Waals surface area contributed by atoms with Gasteiger partial charge in [0, 0.05) is 13.3 Å². The molecule has 0 saturated heterocycles. The van der Waals surface area contributed by atoms with Gasteiger partial charge in [0.1, 0.15) is 17.8 Å². The van der Waals surface area contributed by atoms with Crippen LogP contribution in [-0.2, 0) is 30.3 Å². The molecule has 1 unspecified atom stereocenters. The number of hydrogen-bond donors (Lipinski definition) is 3. The summed E-state index contributed by atoms with van der Waals surface area (Å²) in [5.74, 6) is -1.75. The first-order chi connectivity index (χ1) is 15.0. The zero-order valence-corrected chi connectivity index (χ0v) is 20.3. The van der Waals surface area contributed by atoms with Crippen molar-refractivity contribution in [2.45, 2.75) is 64.8 Å². The highest BCUT2D eigenvalue weighted by Crippen LogP contribution is 2.23. The van der Waals surface area contributed by atoms with Gasteiger partial charge in [0.15, 0.2) is 5.12 Å². The minimum atomic E-state index is -0.966. The Morgan fingerprint density at radius 2 is 1.62 bits per heavy atom. The van der Waals surface area contributed by atoms with Gasteiger partial charge in [-0.1, -0.05) is 58.0 Å². The van der Waals surface area contributed by atoms with Crippen molar-refractivity contribution in [1.29, 1.82) is 0 Å². The van der Waals surface area contributed by atoms with Gasteiger partial charge >= 0.3 is 5.97 Å². The standard InChI is InChI=1S/C23H34N2O6S/c1-7-14(4)20(32-15(5)26)22(29)25-19(13(2)3)21(28)24-18(23(30)31-6)12-16-8-10-17(27)11-9-16/h8-11,13-14,18-20,27H,7,12H2,1-6H3,(H,24,28)(H,25,29)/t14?,18-,19-,20-/m0/s1. The molecular weight excluding hydrogens is 432 g/mol. The van der Waals surface area contributed by atoms with Crippen LogP contribution in [0, 0.1) is 11.8 Å². The maximum absolute atomic E-state index is 13.0. The van der Waals surface area contributed by atoms with E-state index in [9.17, 15) is 24.3 Å². The van der Waals surface area contributed by atoms with E-state index in [1.54, 1.807) is 26.0 Å². The number of aromatic hydroxyl groups is 1. The van der Waals surface area contributed by atoms with Gasteiger partial charge in [-0.3, -0.25) is 14.4 Å². The molecule has 8 nitrogen and oxygen atoms in total. The van der Waals surface area contributed by atoms with Gasteiger partial charge in [0.25, 0.3) is 0 Å². The summed E-state index contributed by atoms with van der Waals surface area (Å²) in [6, 6.07) is 4.42. The summed E-state index contributed by atoms with van der Waals surface area (Å²) >= 11 is 0.954. The van der Waals surface area contributed by atoms with Crippen LogP contribution in [-0.4, -0.2) is 52.4 Å². The Bertz CT molecular complexity index is 796. The Kier molecular flexibility index (Phi) is 11.3. The van der Waals surface area contributed by atoms with Crippen molar-refractivity contribution in [3.05, 3.63) is 29.8 Å². The Balaban J connectivity index is 3.00. The minimum absolute atomic E-state index is 0.0583. The van der Waals surface area contributed by atoms with Gasteiger partial charge in [0.2, 0.25) is 11.8 Å². The molecule has 0 radical (unpaired) electrons. The highest BCUT2D eigenvalue weighted by atomic mass is 32.2. The predicted molar refractivity (Wildman–Crippen MR) is 124 cm³/mol. The number of benzene rings is 1. The Hall–Kier alpha value is -2.55. The number of nitrogens with one attached hydrogen (secondary N) is 2. The second-order valence-corrected chi connectivity index (χ2v) is 9.42. The molecule has 0 aliphatic rings. The van der Waals surface area contributed by atoms with Gasteiger partial charge in [0.05, 0.1) is 12.4 Å². The lowest BCUT2D eigenvalue weighted by Gasteiger charge is -2.27. The number of carbonyl (C=O) groups is 4. The van der Waals surface area contributed by atoms with Crippen LogP contribution in [0.4, 0.5) is 0 Å². The van der Waals surface area contributed by atoms with Crippen LogP contribution in [0.5, 0.6) is 5.75 Å².